The normalized spacial score (nSPS) is 14.7. The molecule has 42 heavy (non-hydrogen) atoms. The van der Waals surface area contributed by atoms with Crippen LogP contribution in [-0.4, -0.2) is 50.0 Å². The van der Waals surface area contributed by atoms with Gasteiger partial charge in [-0.2, -0.15) is 0 Å². The molecule has 0 spiro atoms. The lowest BCUT2D eigenvalue weighted by molar-refractivity contribution is -0.140. The maximum absolute atomic E-state index is 14.3. The molecule has 0 radical (unpaired) electrons. The number of nitrogens with zero attached hydrogens (tertiary/aromatic N) is 2. The molecule has 0 bridgehead atoms. The van der Waals surface area contributed by atoms with Gasteiger partial charge in [0.2, 0.25) is 21.8 Å². The number of amides is 2. The van der Waals surface area contributed by atoms with Gasteiger partial charge in [-0.15, -0.1) is 0 Å². The van der Waals surface area contributed by atoms with Crippen molar-refractivity contribution in [2.24, 2.45) is 0 Å². The van der Waals surface area contributed by atoms with E-state index in [1.807, 2.05) is 74.5 Å². The molecule has 0 saturated heterocycles. The van der Waals surface area contributed by atoms with Gasteiger partial charge in [0, 0.05) is 24.0 Å². The van der Waals surface area contributed by atoms with Gasteiger partial charge in [0.1, 0.15) is 12.6 Å². The predicted molar refractivity (Wildman–Crippen MR) is 169 cm³/mol. The van der Waals surface area contributed by atoms with E-state index in [4.69, 9.17) is 11.6 Å². The first-order chi connectivity index (χ1) is 20.0. The maximum atomic E-state index is 14.3. The quantitative estimate of drug-likeness (QED) is 0.297. The molecule has 1 aliphatic rings. The molecule has 0 aromatic heterocycles. The Morgan fingerprint density at radius 1 is 0.881 bits per heavy atom. The van der Waals surface area contributed by atoms with Gasteiger partial charge in [0.15, 0.2) is 0 Å². The third-order valence-corrected chi connectivity index (χ3v) is 9.22. The molecule has 7 nitrogen and oxygen atoms in total. The lowest BCUT2D eigenvalue weighted by atomic mass is 9.94. The second kappa shape index (κ2) is 14.2. The van der Waals surface area contributed by atoms with Crippen molar-refractivity contribution in [3.63, 3.8) is 0 Å². The van der Waals surface area contributed by atoms with E-state index in [2.05, 4.69) is 5.32 Å². The molecule has 0 unspecified atom stereocenters. The van der Waals surface area contributed by atoms with Gasteiger partial charge in [-0.25, -0.2) is 8.42 Å². The van der Waals surface area contributed by atoms with E-state index >= 15 is 0 Å². The van der Waals surface area contributed by atoms with Crippen molar-refractivity contribution >= 4 is 39.1 Å². The molecule has 224 valence electrons. The fourth-order valence-electron chi connectivity index (χ4n) is 5.66. The van der Waals surface area contributed by atoms with Gasteiger partial charge in [-0.05, 0) is 61.1 Å². The Kier molecular flexibility index (Phi) is 10.7. The zero-order valence-corrected chi connectivity index (χ0v) is 26.1. The average Bonchev–Trinajstić information content (AvgIpc) is 2.95. The third kappa shape index (κ3) is 8.35. The maximum Gasteiger partial charge on any atom is 0.244 e. The van der Waals surface area contributed by atoms with Gasteiger partial charge in [0.25, 0.3) is 0 Å². The second-order valence-corrected chi connectivity index (χ2v) is 13.6. The molecule has 0 heterocycles. The minimum Gasteiger partial charge on any atom is -0.352 e. The van der Waals surface area contributed by atoms with Crippen molar-refractivity contribution in [3.05, 3.63) is 100 Å². The smallest absolute Gasteiger partial charge is 0.244 e. The van der Waals surface area contributed by atoms with Crippen LogP contribution in [0.25, 0.3) is 0 Å². The summed E-state index contributed by atoms with van der Waals surface area (Å²) in [7, 11) is -3.83. The first kappa shape index (κ1) is 31.6. The highest BCUT2D eigenvalue weighted by atomic mass is 35.5. The highest BCUT2D eigenvalue weighted by Crippen LogP contribution is 2.28. The van der Waals surface area contributed by atoms with Gasteiger partial charge in [-0.3, -0.25) is 13.9 Å². The largest absolute Gasteiger partial charge is 0.352 e. The number of benzene rings is 3. The van der Waals surface area contributed by atoms with Crippen LogP contribution in [0.5, 0.6) is 0 Å². The summed E-state index contributed by atoms with van der Waals surface area (Å²) in [5, 5.41) is 3.78. The standard InChI is InChI=1S/C33H40ClN3O4S/c1-24-11-10-12-25(2)32(24)37(42(3,40)41)23-31(38)36(22-27-17-19-28(34)20-18-27)30(21-26-13-6-4-7-14-26)33(39)35-29-15-8-5-9-16-29/h4,6-7,10-14,17-20,29-30H,5,8-9,15-16,21-23H2,1-3H3,(H,35,39)/t30-/m1/s1. The van der Waals surface area contributed by atoms with Gasteiger partial charge < -0.3 is 10.2 Å². The van der Waals surface area contributed by atoms with Crippen molar-refractivity contribution < 1.29 is 18.0 Å². The molecule has 3 aromatic rings. The number of aryl methyl sites for hydroxylation is 2. The summed E-state index contributed by atoms with van der Waals surface area (Å²) in [6.07, 6.45) is 6.48. The van der Waals surface area contributed by atoms with Crippen molar-refractivity contribution in [2.45, 2.75) is 71.0 Å². The summed E-state index contributed by atoms with van der Waals surface area (Å²) in [5.41, 5.74) is 3.66. The molecular formula is C33H40ClN3O4S. The van der Waals surface area contributed by atoms with E-state index in [0.717, 1.165) is 64.9 Å². The summed E-state index contributed by atoms with van der Waals surface area (Å²) in [5.74, 6) is -0.691. The summed E-state index contributed by atoms with van der Waals surface area (Å²) in [6.45, 7) is 3.34. The number of hydrogen-bond acceptors (Lipinski definition) is 4. The number of nitrogens with one attached hydrogen (secondary N) is 1. The van der Waals surface area contributed by atoms with Crippen molar-refractivity contribution in [1.82, 2.24) is 10.2 Å². The molecule has 3 aromatic carbocycles. The zero-order chi connectivity index (χ0) is 30.3. The highest BCUT2D eigenvalue weighted by molar-refractivity contribution is 7.92. The van der Waals surface area contributed by atoms with Crippen LogP contribution in [0, 0.1) is 13.8 Å². The molecule has 9 heteroatoms. The number of sulfonamides is 1. The monoisotopic (exact) mass is 609 g/mol. The van der Waals surface area contributed by atoms with E-state index < -0.39 is 28.5 Å². The Morgan fingerprint density at radius 2 is 1.50 bits per heavy atom. The SMILES string of the molecule is Cc1cccc(C)c1N(CC(=O)N(Cc1ccc(Cl)cc1)[C@H](Cc1ccccc1)C(=O)NC1CCCCC1)S(C)(=O)=O. The molecule has 1 aliphatic carbocycles. The van der Waals surface area contributed by atoms with E-state index in [-0.39, 0.29) is 18.5 Å². The average molecular weight is 610 g/mol. The number of halogens is 1. The van der Waals surface area contributed by atoms with Crippen LogP contribution in [0.3, 0.4) is 0 Å². The Morgan fingerprint density at radius 3 is 2.10 bits per heavy atom. The van der Waals surface area contributed by atoms with Crippen LogP contribution in [-0.2, 0) is 32.6 Å². The Bertz CT molecular complexity index is 1450. The fraction of sp³-hybridized carbons (Fsp3) is 0.394. The lowest BCUT2D eigenvalue weighted by Gasteiger charge is -2.35. The van der Waals surface area contributed by atoms with Crippen LogP contribution in [0.2, 0.25) is 5.02 Å². The number of carbonyl (C=O) groups excluding carboxylic acids is 2. The first-order valence-corrected chi connectivity index (χ1v) is 16.7. The molecular weight excluding hydrogens is 570 g/mol. The number of para-hydroxylation sites is 1. The lowest BCUT2D eigenvalue weighted by Crippen LogP contribution is -2.55. The van der Waals surface area contributed by atoms with Gasteiger partial charge in [-0.1, -0.05) is 91.5 Å². The van der Waals surface area contributed by atoms with Gasteiger partial charge in [0.05, 0.1) is 11.9 Å². The van der Waals surface area contributed by atoms with Gasteiger partial charge >= 0.3 is 0 Å². The van der Waals surface area contributed by atoms with Crippen LogP contribution < -0.4 is 9.62 Å². The first-order valence-electron chi connectivity index (χ1n) is 14.4. The van der Waals surface area contributed by atoms with E-state index in [0.29, 0.717) is 17.1 Å². The number of rotatable bonds is 11. The molecule has 1 fully saturated rings. The van der Waals surface area contributed by atoms with Crippen LogP contribution >= 0.6 is 11.6 Å². The topological polar surface area (TPSA) is 86.8 Å². The van der Waals surface area contributed by atoms with E-state index in [1.54, 1.807) is 12.1 Å². The number of anilines is 1. The fourth-order valence-corrected chi connectivity index (χ4v) is 6.75. The molecule has 2 amide bonds. The minimum atomic E-state index is -3.83. The minimum absolute atomic E-state index is 0.0548. The number of carbonyl (C=O) groups is 2. The van der Waals surface area contributed by atoms with Crippen molar-refractivity contribution in [2.75, 3.05) is 17.1 Å². The van der Waals surface area contributed by atoms with Crippen molar-refractivity contribution in [1.29, 1.82) is 0 Å². The number of hydrogen-bond donors (Lipinski definition) is 1. The molecule has 0 aliphatic heterocycles. The van der Waals surface area contributed by atoms with E-state index in [1.165, 1.54) is 4.90 Å². The van der Waals surface area contributed by atoms with Crippen LogP contribution in [0.4, 0.5) is 5.69 Å². The van der Waals surface area contributed by atoms with Crippen LogP contribution in [0.1, 0.15) is 54.4 Å². The molecule has 1 atom stereocenters. The predicted octanol–water partition coefficient (Wildman–Crippen LogP) is 5.81. The molecule has 1 saturated carbocycles. The second-order valence-electron chi connectivity index (χ2n) is 11.2. The van der Waals surface area contributed by atoms with Crippen LogP contribution in [0.15, 0.2) is 72.8 Å². The molecule has 4 rings (SSSR count). The Hall–Kier alpha value is -3.36. The van der Waals surface area contributed by atoms with Crippen molar-refractivity contribution in [3.8, 4) is 0 Å². The summed E-state index contributed by atoms with van der Waals surface area (Å²) in [4.78, 5) is 29.8. The van der Waals surface area contributed by atoms with E-state index in [9.17, 15) is 18.0 Å². The summed E-state index contributed by atoms with van der Waals surface area (Å²) < 4.78 is 27.4. The zero-order valence-electron chi connectivity index (χ0n) is 24.6. The molecule has 1 N–H and O–H groups in total. The summed E-state index contributed by atoms with van der Waals surface area (Å²) in [6, 6.07) is 21.4. The Labute approximate surface area is 254 Å². The third-order valence-electron chi connectivity index (χ3n) is 7.86. The Balaban J connectivity index is 1.74. The highest BCUT2D eigenvalue weighted by Gasteiger charge is 2.34. The summed E-state index contributed by atoms with van der Waals surface area (Å²) >= 11 is 6.14.